The third-order valence-electron chi connectivity index (χ3n) is 4.13. The molecule has 3 nitrogen and oxygen atoms in total. The quantitative estimate of drug-likeness (QED) is 0.166. The van der Waals surface area contributed by atoms with Crippen LogP contribution in [-0.2, 0) is 8.76 Å². The molecule has 0 fully saturated rings. The van der Waals surface area contributed by atoms with E-state index in [4.69, 9.17) is 13.6 Å². The van der Waals surface area contributed by atoms with Crippen LogP contribution in [-0.4, -0.2) is 19.7 Å². The van der Waals surface area contributed by atoms with Crippen LogP contribution in [0.4, 0.5) is 0 Å². The van der Waals surface area contributed by atoms with Crippen LogP contribution < -0.4 is 4.89 Å². The van der Waals surface area contributed by atoms with Gasteiger partial charge in [0.25, 0.3) is 0 Å². The Morgan fingerprint density at radius 3 is 2.14 bits per heavy atom. The molecule has 0 saturated heterocycles. The van der Waals surface area contributed by atoms with E-state index in [0.29, 0.717) is 0 Å². The topological polar surface area (TPSA) is 27.7 Å². The summed E-state index contributed by atoms with van der Waals surface area (Å²) in [7, 11) is -1.56. The van der Waals surface area contributed by atoms with Crippen LogP contribution in [0, 0.1) is 0 Å². The summed E-state index contributed by atoms with van der Waals surface area (Å²) >= 11 is 1.34. The zero-order valence-corrected chi connectivity index (χ0v) is 16.4. The summed E-state index contributed by atoms with van der Waals surface area (Å²) in [6.07, 6.45) is 0.949. The van der Waals surface area contributed by atoms with Gasteiger partial charge in [-0.3, -0.25) is 0 Å². The third-order valence-corrected chi connectivity index (χ3v) is 9.52. The second kappa shape index (κ2) is 9.60. The van der Waals surface area contributed by atoms with Gasteiger partial charge in [0.1, 0.15) is 0 Å². The van der Waals surface area contributed by atoms with Gasteiger partial charge in [-0.25, -0.2) is 0 Å². The van der Waals surface area contributed by atoms with Crippen molar-refractivity contribution in [3.63, 3.8) is 0 Å². The fraction of sp³-hybridized carbons (Fsp3) is 0.647. The predicted octanol–water partition coefficient (Wildman–Crippen LogP) is 5.84. The number of hydrogen-bond acceptors (Lipinski definition) is 4. The van der Waals surface area contributed by atoms with Crippen molar-refractivity contribution in [1.29, 1.82) is 0 Å². The Hall–Kier alpha value is -0.493. The van der Waals surface area contributed by atoms with Gasteiger partial charge in [-0.2, -0.15) is 0 Å². The van der Waals surface area contributed by atoms with Crippen molar-refractivity contribution < 1.29 is 13.6 Å². The molecule has 22 heavy (non-hydrogen) atoms. The van der Waals surface area contributed by atoms with Gasteiger partial charge in [0.2, 0.25) is 0 Å². The van der Waals surface area contributed by atoms with Crippen LogP contribution in [0.5, 0.6) is 5.75 Å². The van der Waals surface area contributed by atoms with Crippen LogP contribution in [0.15, 0.2) is 30.3 Å². The molecule has 0 aliphatic heterocycles. The minimum Gasteiger partial charge on any atom is -0.412 e. The van der Waals surface area contributed by atoms with E-state index in [1.54, 1.807) is 0 Å². The normalized spacial score (nSPS) is 12.4. The van der Waals surface area contributed by atoms with Crippen molar-refractivity contribution in [1.82, 2.24) is 0 Å². The molecular weight excluding hydrogens is 312 g/mol. The van der Waals surface area contributed by atoms with E-state index in [-0.39, 0.29) is 5.60 Å². The average Bonchev–Trinajstić information content (AvgIpc) is 2.53. The highest BCUT2D eigenvalue weighted by Gasteiger charge is 2.35. The summed E-state index contributed by atoms with van der Waals surface area (Å²) in [5.74, 6) is 1.57. The predicted molar refractivity (Wildman–Crippen MR) is 97.6 cm³/mol. The Balaban J connectivity index is 2.30. The molecule has 0 aromatic heterocycles. The first-order valence-corrected chi connectivity index (χ1v) is 11.6. The van der Waals surface area contributed by atoms with Crippen molar-refractivity contribution in [2.45, 2.75) is 64.8 Å². The first kappa shape index (κ1) is 19.6. The monoisotopic (exact) mass is 342 g/mol. The first-order chi connectivity index (χ1) is 10.5. The summed E-state index contributed by atoms with van der Waals surface area (Å²) in [6.45, 7) is 11.2. The highest BCUT2D eigenvalue weighted by molar-refractivity contribution is 7.94. The minimum absolute atomic E-state index is 0.0998. The second-order valence-corrected chi connectivity index (χ2v) is 11.6. The lowest BCUT2D eigenvalue weighted by Gasteiger charge is -2.38. The highest BCUT2D eigenvalue weighted by atomic mass is 32.2. The van der Waals surface area contributed by atoms with E-state index in [1.807, 2.05) is 30.3 Å². The molecule has 0 amide bonds. The van der Waals surface area contributed by atoms with Crippen LogP contribution in [0.3, 0.4) is 0 Å². The molecule has 0 bridgehead atoms. The Kier molecular flexibility index (Phi) is 8.53. The molecule has 1 rings (SSSR count). The highest BCUT2D eigenvalue weighted by Crippen LogP contribution is 2.30. The fourth-order valence-electron chi connectivity index (χ4n) is 2.46. The smallest absolute Gasteiger partial charge is 0.192 e. The van der Waals surface area contributed by atoms with E-state index in [9.17, 15) is 0 Å². The van der Waals surface area contributed by atoms with Crippen molar-refractivity contribution >= 4 is 20.4 Å². The standard InChI is InChI=1S/C17H30O3SSi/c1-6-22(7-2,8-3)19-17(4,5)14-15-21-20-18-16-12-10-9-11-13-16/h9-13H,6-8,14-15H2,1-5H3. The molecule has 0 saturated carbocycles. The summed E-state index contributed by atoms with van der Waals surface area (Å²) in [5.41, 5.74) is -0.0998. The fourth-order valence-corrected chi connectivity index (χ4v) is 6.44. The zero-order chi connectivity index (χ0) is 16.5. The van der Waals surface area contributed by atoms with Gasteiger partial charge in [0, 0.05) is 17.8 Å². The molecule has 1 aromatic rings. The molecule has 0 radical (unpaired) electrons. The molecule has 0 N–H and O–H groups in total. The van der Waals surface area contributed by atoms with Crippen LogP contribution in [0.1, 0.15) is 41.0 Å². The summed E-state index contributed by atoms with van der Waals surface area (Å²) < 4.78 is 11.8. The Morgan fingerprint density at radius 1 is 1.00 bits per heavy atom. The average molecular weight is 343 g/mol. The van der Waals surface area contributed by atoms with Gasteiger partial charge in [-0.05, 0) is 50.5 Å². The molecule has 0 unspecified atom stereocenters. The van der Waals surface area contributed by atoms with Crippen molar-refractivity contribution in [2.75, 3.05) is 5.75 Å². The number of hydrogen-bond donors (Lipinski definition) is 0. The van der Waals surface area contributed by atoms with Crippen LogP contribution >= 0.6 is 12.0 Å². The van der Waals surface area contributed by atoms with Gasteiger partial charge in [-0.1, -0.05) is 39.0 Å². The Bertz CT molecular complexity index is 399. The third kappa shape index (κ3) is 6.73. The Morgan fingerprint density at radius 2 is 1.59 bits per heavy atom. The number of para-hydroxylation sites is 1. The van der Waals surface area contributed by atoms with Gasteiger partial charge < -0.3 is 9.31 Å². The maximum Gasteiger partial charge on any atom is 0.192 e. The lowest BCUT2D eigenvalue weighted by atomic mass is 10.1. The summed E-state index contributed by atoms with van der Waals surface area (Å²) in [6, 6.07) is 13.1. The molecule has 0 atom stereocenters. The van der Waals surface area contributed by atoms with Crippen LogP contribution in [0.2, 0.25) is 18.1 Å². The Labute approximate surface area is 141 Å². The minimum atomic E-state index is -1.56. The van der Waals surface area contributed by atoms with Crippen molar-refractivity contribution in [3.8, 4) is 5.75 Å². The summed E-state index contributed by atoms with van der Waals surface area (Å²) in [4.78, 5) is 5.22. The van der Waals surface area contributed by atoms with Crippen molar-refractivity contribution in [2.24, 2.45) is 0 Å². The molecular formula is C17H30O3SSi. The molecule has 1 aromatic carbocycles. The maximum absolute atomic E-state index is 6.57. The first-order valence-electron chi connectivity index (χ1n) is 8.18. The van der Waals surface area contributed by atoms with E-state index in [1.165, 1.54) is 30.2 Å². The van der Waals surface area contributed by atoms with Gasteiger partial charge in [-0.15, -0.1) is 4.33 Å². The summed E-state index contributed by atoms with van der Waals surface area (Å²) in [5, 5.41) is 0. The van der Waals surface area contributed by atoms with Crippen molar-refractivity contribution in [3.05, 3.63) is 30.3 Å². The van der Waals surface area contributed by atoms with Gasteiger partial charge in [0.05, 0.1) is 5.60 Å². The largest absolute Gasteiger partial charge is 0.412 e. The van der Waals surface area contributed by atoms with E-state index in [0.717, 1.165) is 17.9 Å². The second-order valence-electron chi connectivity index (χ2n) is 6.14. The number of benzene rings is 1. The molecule has 0 heterocycles. The molecule has 5 heteroatoms. The lowest BCUT2D eigenvalue weighted by molar-refractivity contribution is -0.0779. The van der Waals surface area contributed by atoms with E-state index >= 15 is 0 Å². The lowest BCUT2D eigenvalue weighted by Crippen LogP contribution is -2.44. The maximum atomic E-state index is 6.57. The molecule has 0 spiro atoms. The SMILES string of the molecule is CC[Si](CC)(CC)OC(C)(C)CCSOOc1ccccc1. The van der Waals surface area contributed by atoms with Gasteiger partial charge in [0.15, 0.2) is 14.1 Å². The number of rotatable bonds is 11. The molecule has 0 aliphatic rings. The molecule has 126 valence electrons. The molecule has 0 aliphatic carbocycles. The zero-order valence-electron chi connectivity index (χ0n) is 14.6. The van der Waals surface area contributed by atoms with E-state index < -0.39 is 8.32 Å². The van der Waals surface area contributed by atoms with E-state index in [2.05, 4.69) is 34.6 Å². The van der Waals surface area contributed by atoms with Gasteiger partial charge >= 0.3 is 0 Å². The van der Waals surface area contributed by atoms with Crippen LogP contribution in [0.25, 0.3) is 0 Å².